The molecule has 122 valence electrons. The van der Waals surface area contributed by atoms with Crippen LogP contribution >= 0.6 is 23.2 Å². The molecule has 0 aliphatic carbocycles. The van der Waals surface area contributed by atoms with Crippen molar-refractivity contribution in [2.45, 2.75) is 12.8 Å². The van der Waals surface area contributed by atoms with E-state index in [4.69, 9.17) is 27.6 Å². The fourth-order valence-corrected chi connectivity index (χ4v) is 2.52. The highest BCUT2D eigenvalue weighted by Crippen LogP contribution is 2.26. The highest BCUT2D eigenvalue weighted by atomic mass is 35.5. The van der Waals surface area contributed by atoms with Gasteiger partial charge in [0.25, 0.3) is 0 Å². The van der Waals surface area contributed by atoms with E-state index >= 15 is 0 Å². The summed E-state index contributed by atoms with van der Waals surface area (Å²) in [6.07, 6.45) is 0.556. The van der Waals surface area contributed by atoms with Gasteiger partial charge in [-0.05, 0) is 30.3 Å². The first-order valence-electron chi connectivity index (χ1n) is 7.24. The lowest BCUT2D eigenvalue weighted by molar-refractivity contribution is -0.116. The topological polar surface area (TPSA) is 68.0 Å². The second-order valence-corrected chi connectivity index (χ2v) is 5.88. The second-order valence-electron chi connectivity index (χ2n) is 5.04. The van der Waals surface area contributed by atoms with Gasteiger partial charge in [-0.25, -0.2) is 0 Å². The Morgan fingerprint density at radius 1 is 1.08 bits per heavy atom. The minimum Gasteiger partial charge on any atom is -0.421 e. The highest BCUT2D eigenvalue weighted by Gasteiger charge is 2.12. The molecule has 0 unspecified atom stereocenters. The molecule has 0 aliphatic heterocycles. The first-order chi connectivity index (χ1) is 11.6. The fraction of sp³-hybridized carbons (Fsp3) is 0.118. The van der Waals surface area contributed by atoms with Crippen LogP contribution in [0.2, 0.25) is 10.0 Å². The Balaban J connectivity index is 1.59. The van der Waals surface area contributed by atoms with Crippen molar-refractivity contribution >= 4 is 34.8 Å². The Hall–Kier alpha value is -2.37. The van der Waals surface area contributed by atoms with Gasteiger partial charge < -0.3 is 9.73 Å². The third-order valence-corrected chi connectivity index (χ3v) is 3.81. The average Bonchev–Trinajstić information content (AvgIpc) is 3.02. The molecule has 0 radical (unpaired) electrons. The third-order valence-electron chi connectivity index (χ3n) is 3.25. The van der Waals surface area contributed by atoms with Crippen LogP contribution < -0.4 is 5.32 Å². The van der Waals surface area contributed by atoms with E-state index in [1.54, 1.807) is 36.4 Å². The fourth-order valence-electron chi connectivity index (χ4n) is 2.11. The number of hydrogen-bond acceptors (Lipinski definition) is 4. The van der Waals surface area contributed by atoms with Gasteiger partial charge in [0.2, 0.25) is 17.7 Å². The van der Waals surface area contributed by atoms with Crippen molar-refractivity contribution in [3.05, 3.63) is 64.5 Å². The van der Waals surface area contributed by atoms with Crippen LogP contribution in [0.5, 0.6) is 0 Å². The Labute approximate surface area is 148 Å². The predicted molar refractivity (Wildman–Crippen MR) is 93.1 cm³/mol. The van der Waals surface area contributed by atoms with Crippen molar-refractivity contribution in [2.24, 2.45) is 0 Å². The monoisotopic (exact) mass is 361 g/mol. The summed E-state index contributed by atoms with van der Waals surface area (Å²) in [6.45, 7) is 0. The van der Waals surface area contributed by atoms with Crippen LogP contribution in [0, 0.1) is 0 Å². The number of halogens is 2. The minimum absolute atomic E-state index is 0.158. The van der Waals surface area contributed by atoms with Crippen molar-refractivity contribution in [3.8, 4) is 11.5 Å². The molecule has 0 bridgehead atoms. The molecule has 7 heteroatoms. The van der Waals surface area contributed by atoms with Crippen molar-refractivity contribution in [3.63, 3.8) is 0 Å². The van der Waals surface area contributed by atoms with Gasteiger partial charge in [-0.15, -0.1) is 10.2 Å². The van der Waals surface area contributed by atoms with Crippen LogP contribution in [0.1, 0.15) is 12.3 Å². The lowest BCUT2D eigenvalue weighted by Gasteiger charge is -2.04. The third kappa shape index (κ3) is 4.13. The lowest BCUT2D eigenvalue weighted by atomic mass is 10.2. The van der Waals surface area contributed by atoms with E-state index in [1.807, 2.05) is 12.1 Å². The number of hydrogen-bond donors (Lipinski definition) is 1. The van der Waals surface area contributed by atoms with Crippen LogP contribution in [0.3, 0.4) is 0 Å². The van der Waals surface area contributed by atoms with E-state index in [2.05, 4.69) is 15.5 Å². The van der Waals surface area contributed by atoms with E-state index in [1.165, 1.54) is 0 Å². The maximum atomic E-state index is 12.0. The first-order valence-corrected chi connectivity index (χ1v) is 8.00. The SMILES string of the molecule is O=C(CCc1nnc(-c2ccccc2Cl)o1)Nc1cccc(Cl)c1. The minimum atomic E-state index is -0.158. The number of carbonyl (C=O) groups excluding carboxylic acids is 1. The van der Waals surface area contributed by atoms with E-state index in [9.17, 15) is 4.79 Å². The summed E-state index contributed by atoms with van der Waals surface area (Å²) in [4.78, 5) is 12.0. The Kier molecular flexibility index (Phi) is 5.13. The van der Waals surface area contributed by atoms with Crippen LogP contribution in [0.25, 0.3) is 11.5 Å². The summed E-state index contributed by atoms with van der Waals surface area (Å²) in [5.74, 6) is 0.562. The number of rotatable bonds is 5. The summed E-state index contributed by atoms with van der Waals surface area (Å²) >= 11 is 12.0. The van der Waals surface area contributed by atoms with Gasteiger partial charge in [-0.3, -0.25) is 4.79 Å². The summed E-state index contributed by atoms with van der Waals surface area (Å²) in [5.41, 5.74) is 1.32. The van der Waals surface area contributed by atoms with Crippen LogP contribution in [-0.2, 0) is 11.2 Å². The Bertz CT molecular complexity index is 864. The first kappa shape index (κ1) is 16.5. The zero-order valence-corrected chi connectivity index (χ0v) is 14.0. The maximum Gasteiger partial charge on any atom is 0.249 e. The van der Waals surface area contributed by atoms with E-state index in [0.717, 1.165) is 0 Å². The van der Waals surface area contributed by atoms with Gasteiger partial charge in [0.05, 0.1) is 10.6 Å². The molecule has 0 spiro atoms. The molecule has 0 saturated carbocycles. The second kappa shape index (κ2) is 7.47. The smallest absolute Gasteiger partial charge is 0.249 e. The van der Waals surface area contributed by atoms with Crippen LogP contribution in [0.4, 0.5) is 5.69 Å². The zero-order valence-electron chi connectivity index (χ0n) is 12.5. The molecular weight excluding hydrogens is 349 g/mol. The molecule has 3 aromatic rings. The largest absolute Gasteiger partial charge is 0.421 e. The van der Waals surface area contributed by atoms with Gasteiger partial charge in [0.1, 0.15) is 0 Å². The predicted octanol–water partition coefficient (Wildman–Crippen LogP) is 4.61. The molecule has 0 aliphatic rings. The number of nitrogens with one attached hydrogen (secondary N) is 1. The molecule has 24 heavy (non-hydrogen) atoms. The Morgan fingerprint density at radius 3 is 2.71 bits per heavy atom. The number of aryl methyl sites for hydroxylation is 1. The molecule has 0 fully saturated rings. The molecule has 0 saturated heterocycles. The zero-order chi connectivity index (χ0) is 16.9. The number of benzene rings is 2. The normalized spacial score (nSPS) is 10.6. The van der Waals surface area contributed by atoms with Gasteiger partial charge >= 0.3 is 0 Å². The average molecular weight is 362 g/mol. The van der Waals surface area contributed by atoms with Crippen molar-refractivity contribution in [1.29, 1.82) is 0 Å². The van der Waals surface area contributed by atoms with Crippen LogP contribution in [0.15, 0.2) is 52.9 Å². The van der Waals surface area contributed by atoms with Crippen molar-refractivity contribution in [2.75, 3.05) is 5.32 Å². The molecule has 2 aromatic carbocycles. The number of carbonyl (C=O) groups is 1. The highest BCUT2D eigenvalue weighted by molar-refractivity contribution is 6.33. The van der Waals surface area contributed by atoms with Crippen molar-refractivity contribution in [1.82, 2.24) is 10.2 Å². The number of amides is 1. The van der Waals surface area contributed by atoms with E-state index in [-0.39, 0.29) is 12.3 Å². The van der Waals surface area contributed by atoms with Crippen LogP contribution in [-0.4, -0.2) is 16.1 Å². The van der Waals surface area contributed by atoms with Gasteiger partial charge in [0.15, 0.2) is 0 Å². The molecule has 1 aromatic heterocycles. The summed E-state index contributed by atoms with van der Waals surface area (Å²) in [5, 5.41) is 11.8. The van der Waals surface area contributed by atoms with Gasteiger partial charge in [-0.2, -0.15) is 0 Å². The van der Waals surface area contributed by atoms with Gasteiger partial charge in [-0.1, -0.05) is 41.4 Å². The summed E-state index contributed by atoms with van der Waals surface area (Å²) < 4.78 is 5.56. The quantitative estimate of drug-likeness (QED) is 0.719. The number of anilines is 1. The number of aromatic nitrogens is 2. The lowest BCUT2D eigenvalue weighted by Crippen LogP contribution is -2.12. The molecule has 3 rings (SSSR count). The number of nitrogens with zero attached hydrogens (tertiary/aromatic N) is 2. The molecule has 1 heterocycles. The molecule has 1 amide bonds. The summed E-state index contributed by atoms with van der Waals surface area (Å²) in [6, 6.07) is 14.2. The molecule has 5 nitrogen and oxygen atoms in total. The van der Waals surface area contributed by atoms with E-state index in [0.29, 0.717) is 39.5 Å². The molecular formula is C17H13Cl2N3O2. The molecule has 1 N–H and O–H groups in total. The Morgan fingerprint density at radius 2 is 1.92 bits per heavy atom. The van der Waals surface area contributed by atoms with Gasteiger partial charge in [0, 0.05) is 23.6 Å². The maximum absolute atomic E-state index is 12.0. The molecule has 0 atom stereocenters. The van der Waals surface area contributed by atoms with E-state index < -0.39 is 0 Å². The standard InChI is InChI=1S/C17H13Cl2N3O2/c18-11-4-3-5-12(10-11)20-15(23)8-9-16-21-22-17(24-16)13-6-1-2-7-14(13)19/h1-7,10H,8-9H2,(H,20,23). The summed E-state index contributed by atoms with van der Waals surface area (Å²) in [7, 11) is 0. The van der Waals surface area contributed by atoms with Crippen molar-refractivity contribution < 1.29 is 9.21 Å².